The summed E-state index contributed by atoms with van der Waals surface area (Å²) in [7, 11) is 3.15. The van der Waals surface area contributed by atoms with Gasteiger partial charge >= 0.3 is 6.01 Å². The second kappa shape index (κ2) is 7.86. The molecule has 8 heteroatoms. The van der Waals surface area contributed by atoms with E-state index in [0.29, 0.717) is 17.9 Å². The molecule has 2 saturated heterocycles. The molecular formula is C17H27N5O3. The zero-order valence-corrected chi connectivity index (χ0v) is 15.3. The summed E-state index contributed by atoms with van der Waals surface area (Å²) in [5.41, 5.74) is 0. The first-order chi connectivity index (χ1) is 12.1. The molecule has 0 N–H and O–H groups in total. The van der Waals surface area contributed by atoms with Crippen molar-refractivity contribution in [3.05, 3.63) is 6.07 Å². The molecule has 0 saturated carbocycles. The Balaban J connectivity index is 1.56. The van der Waals surface area contributed by atoms with E-state index in [2.05, 4.69) is 19.8 Å². The van der Waals surface area contributed by atoms with Gasteiger partial charge in [0.05, 0.1) is 14.2 Å². The van der Waals surface area contributed by atoms with Crippen molar-refractivity contribution in [2.75, 3.05) is 58.4 Å². The molecule has 0 bridgehead atoms. The minimum Gasteiger partial charge on any atom is -0.481 e. The molecule has 0 aliphatic carbocycles. The number of piperidine rings is 1. The number of anilines is 1. The number of methoxy groups -OCH3 is 2. The summed E-state index contributed by atoms with van der Waals surface area (Å²) >= 11 is 0. The molecule has 0 spiro atoms. The second-order valence-electron chi connectivity index (χ2n) is 6.52. The number of hydrogen-bond acceptors (Lipinski definition) is 7. The van der Waals surface area contributed by atoms with Gasteiger partial charge in [-0.3, -0.25) is 9.69 Å². The van der Waals surface area contributed by atoms with Crippen LogP contribution < -0.4 is 14.4 Å². The van der Waals surface area contributed by atoms with E-state index in [0.717, 1.165) is 57.9 Å². The molecule has 3 rings (SSSR count). The van der Waals surface area contributed by atoms with Crippen LogP contribution in [-0.4, -0.2) is 85.2 Å². The average Bonchev–Trinajstić information content (AvgIpc) is 2.67. The lowest BCUT2D eigenvalue weighted by atomic mass is 10.0. The fourth-order valence-electron chi connectivity index (χ4n) is 3.61. The standard InChI is InChI=1S/C17H27N5O3/c1-13(23)20-6-4-14(5-7-20)21-8-10-22(11-9-21)15-12-16(24-2)19-17(18-15)25-3/h12,14H,4-11H2,1-3H3. The first-order valence-electron chi connectivity index (χ1n) is 8.82. The van der Waals surface area contributed by atoms with Crippen molar-refractivity contribution in [2.24, 2.45) is 0 Å². The molecule has 0 radical (unpaired) electrons. The van der Waals surface area contributed by atoms with E-state index in [1.165, 1.54) is 0 Å². The van der Waals surface area contributed by atoms with Gasteiger partial charge in [-0.25, -0.2) is 0 Å². The molecule has 1 aromatic heterocycles. The summed E-state index contributed by atoms with van der Waals surface area (Å²) < 4.78 is 10.4. The predicted molar refractivity (Wildman–Crippen MR) is 94.2 cm³/mol. The number of carbonyl (C=O) groups is 1. The zero-order valence-electron chi connectivity index (χ0n) is 15.3. The van der Waals surface area contributed by atoms with Gasteiger partial charge in [-0.05, 0) is 12.8 Å². The van der Waals surface area contributed by atoms with Crippen LogP contribution in [0.4, 0.5) is 5.82 Å². The monoisotopic (exact) mass is 349 g/mol. The Hall–Kier alpha value is -2.09. The number of piperazine rings is 1. The van der Waals surface area contributed by atoms with Crippen molar-refractivity contribution in [1.82, 2.24) is 19.8 Å². The van der Waals surface area contributed by atoms with Gasteiger partial charge in [0, 0.05) is 58.3 Å². The molecule has 8 nitrogen and oxygen atoms in total. The third kappa shape index (κ3) is 4.12. The lowest BCUT2D eigenvalue weighted by Gasteiger charge is -2.42. The van der Waals surface area contributed by atoms with Crippen LogP contribution in [0.2, 0.25) is 0 Å². The van der Waals surface area contributed by atoms with E-state index in [-0.39, 0.29) is 5.91 Å². The second-order valence-corrected chi connectivity index (χ2v) is 6.52. The predicted octanol–water partition coefficient (Wildman–Crippen LogP) is 0.627. The molecule has 0 unspecified atom stereocenters. The molecular weight excluding hydrogens is 322 g/mol. The largest absolute Gasteiger partial charge is 0.481 e. The highest BCUT2D eigenvalue weighted by Crippen LogP contribution is 2.24. The van der Waals surface area contributed by atoms with Crippen LogP contribution >= 0.6 is 0 Å². The lowest BCUT2D eigenvalue weighted by Crippen LogP contribution is -2.53. The molecule has 2 fully saturated rings. The van der Waals surface area contributed by atoms with E-state index in [1.807, 2.05) is 11.0 Å². The van der Waals surface area contributed by atoms with Gasteiger partial charge in [-0.2, -0.15) is 9.97 Å². The molecule has 1 amide bonds. The first kappa shape index (κ1) is 17.7. The molecule has 2 aliphatic rings. The maximum absolute atomic E-state index is 11.5. The number of hydrogen-bond donors (Lipinski definition) is 0. The van der Waals surface area contributed by atoms with Crippen LogP contribution in [0.15, 0.2) is 6.07 Å². The number of aromatic nitrogens is 2. The third-order valence-electron chi connectivity index (χ3n) is 5.12. The van der Waals surface area contributed by atoms with Gasteiger partial charge in [0.15, 0.2) is 0 Å². The fraction of sp³-hybridized carbons (Fsp3) is 0.706. The van der Waals surface area contributed by atoms with Crippen LogP contribution in [0.1, 0.15) is 19.8 Å². The van der Waals surface area contributed by atoms with Gasteiger partial charge in [0.1, 0.15) is 5.82 Å². The number of carbonyl (C=O) groups excluding carboxylic acids is 1. The Bertz CT molecular complexity index is 574. The van der Waals surface area contributed by atoms with E-state index >= 15 is 0 Å². The summed E-state index contributed by atoms with van der Waals surface area (Å²) in [5, 5.41) is 0. The number of likely N-dealkylation sites (tertiary alicyclic amines) is 1. The smallest absolute Gasteiger partial charge is 0.321 e. The summed E-state index contributed by atoms with van der Waals surface area (Å²) in [6.45, 7) is 7.23. The Morgan fingerprint density at radius 3 is 2.28 bits per heavy atom. The Kier molecular flexibility index (Phi) is 5.57. The van der Waals surface area contributed by atoms with E-state index in [9.17, 15) is 4.79 Å². The SMILES string of the molecule is COc1cc(N2CCN(C3CCN(C(C)=O)CC3)CC2)nc(OC)n1. The van der Waals surface area contributed by atoms with Crippen molar-refractivity contribution in [3.63, 3.8) is 0 Å². The maximum Gasteiger partial charge on any atom is 0.321 e. The normalized spacial score (nSPS) is 19.8. The zero-order chi connectivity index (χ0) is 17.8. The molecule has 138 valence electrons. The Morgan fingerprint density at radius 1 is 1.04 bits per heavy atom. The minimum absolute atomic E-state index is 0.190. The van der Waals surface area contributed by atoms with Crippen molar-refractivity contribution in [3.8, 4) is 11.9 Å². The average molecular weight is 349 g/mol. The van der Waals surface area contributed by atoms with Gasteiger partial charge in [-0.1, -0.05) is 0 Å². The van der Waals surface area contributed by atoms with E-state index in [4.69, 9.17) is 9.47 Å². The molecule has 3 heterocycles. The van der Waals surface area contributed by atoms with Crippen LogP contribution in [0.25, 0.3) is 0 Å². The maximum atomic E-state index is 11.5. The lowest BCUT2D eigenvalue weighted by molar-refractivity contribution is -0.130. The topological polar surface area (TPSA) is 71.0 Å². The van der Waals surface area contributed by atoms with Crippen molar-refractivity contribution < 1.29 is 14.3 Å². The van der Waals surface area contributed by atoms with Gasteiger partial charge in [0.2, 0.25) is 11.8 Å². The highest BCUT2D eigenvalue weighted by atomic mass is 16.5. The molecule has 1 aromatic rings. The summed E-state index contributed by atoms with van der Waals surface area (Å²) in [5.74, 6) is 1.55. The summed E-state index contributed by atoms with van der Waals surface area (Å²) in [4.78, 5) is 26.8. The fourth-order valence-corrected chi connectivity index (χ4v) is 3.61. The van der Waals surface area contributed by atoms with Gasteiger partial charge in [0.25, 0.3) is 0 Å². The quantitative estimate of drug-likeness (QED) is 0.789. The number of rotatable bonds is 4. The Morgan fingerprint density at radius 2 is 1.72 bits per heavy atom. The van der Waals surface area contributed by atoms with E-state index in [1.54, 1.807) is 21.1 Å². The van der Waals surface area contributed by atoms with Crippen molar-refractivity contribution in [1.29, 1.82) is 0 Å². The van der Waals surface area contributed by atoms with Crippen LogP contribution in [0.3, 0.4) is 0 Å². The molecule has 0 aromatic carbocycles. The van der Waals surface area contributed by atoms with E-state index < -0.39 is 0 Å². The first-order valence-corrected chi connectivity index (χ1v) is 8.82. The summed E-state index contributed by atoms with van der Waals surface area (Å²) in [6, 6.07) is 2.75. The minimum atomic E-state index is 0.190. The van der Waals surface area contributed by atoms with Crippen molar-refractivity contribution >= 4 is 11.7 Å². The molecule has 25 heavy (non-hydrogen) atoms. The molecule has 2 aliphatic heterocycles. The highest BCUT2D eigenvalue weighted by Gasteiger charge is 2.28. The Labute approximate surface area is 148 Å². The number of ether oxygens (including phenoxy) is 2. The third-order valence-corrected chi connectivity index (χ3v) is 5.12. The van der Waals surface area contributed by atoms with Gasteiger partial charge in [-0.15, -0.1) is 0 Å². The van der Waals surface area contributed by atoms with Crippen LogP contribution in [0.5, 0.6) is 11.9 Å². The van der Waals surface area contributed by atoms with Crippen molar-refractivity contribution in [2.45, 2.75) is 25.8 Å². The van der Waals surface area contributed by atoms with Gasteiger partial charge < -0.3 is 19.3 Å². The van der Waals surface area contributed by atoms with Crippen LogP contribution in [-0.2, 0) is 4.79 Å². The number of nitrogens with zero attached hydrogens (tertiary/aromatic N) is 5. The summed E-state index contributed by atoms with van der Waals surface area (Å²) in [6.07, 6.45) is 2.13. The van der Waals surface area contributed by atoms with Crippen LogP contribution in [0, 0.1) is 0 Å². The molecule has 0 atom stereocenters. The number of amides is 1. The highest BCUT2D eigenvalue weighted by molar-refractivity contribution is 5.73.